The molecule has 0 bridgehead atoms. The molecule has 0 fully saturated rings. The summed E-state index contributed by atoms with van der Waals surface area (Å²) >= 11 is 0. The first-order valence-electron chi connectivity index (χ1n) is 4.75. The molecule has 72 valence electrons. The average molecular weight is 169 g/mol. The second-order valence-electron chi connectivity index (χ2n) is 4.41. The van der Waals surface area contributed by atoms with Crippen LogP contribution in [-0.4, -0.2) is 13.1 Å². The van der Waals surface area contributed by atoms with Gasteiger partial charge in [-0.05, 0) is 25.8 Å². The lowest BCUT2D eigenvalue weighted by Gasteiger charge is -2.28. The van der Waals surface area contributed by atoms with E-state index in [1.54, 1.807) is 0 Å². The van der Waals surface area contributed by atoms with E-state index >= 15 is 0 Å². The number of nitrogens with one attached hydrogen (secondary N) is 1. The zero-order valence-corrected chi connectivity index (χ0v) is 9.20. The van der Waals surface area contributed by atoms with Gasteiger partial charge in [-0.2, -0.15) is 0 Å². The van der Waals surface area contributed by atoms with Crippen molar-refractivity contribution in [3.63, 3.8) is 0 Å². The van der Waals surface area contributed by atoms with E-state index in [1.165, 1.54) is 18.4 Å². The van der Waals surface area contributed by atoms with Gasteiger partial charge in [0.25, 0.3) is 0 Å². The quantitative estimate of drug-likeness (QED) is 0.624. The van der Waals surface area contributed by atoms with Gasteiger partial charge in [0, 0.05) is 6.04 Å². The van der Waals surface area contributed by atoms with Crippen molar-refractivity contribution in [2.75, 3.05) is 7.05 Å². The molecule has 0 aliphatic carbocycles. The SMILES string of the molecule is C=C(C)[C@H](CC(C)(C)CC)NC. The van der Waals surface area contributed by atoms with Crippen molar-refractivity contribution < 1.29 is 0 Å². The predicted molar refractivity (Wildman–Crippen MR) is 56.4 cm³/mol. The van der Waals surface area contributed by atoms with E-state index in [0.717, 1.165) is 0 Å². The summed E-state index contributed by atoms with van der Waals surface area (Å²) in [4.78, 5) is 0. The van der Waals surface area contributed by atoms with Gasteiger partial charge < -0.3 is 5.32 Å². The highest BCUT2D eigenvalue weighted by Gasteiger charge is 2.20. The molecule has 0 aromatic carbocycles. The third kappa shape index (κ3) is 3.91. The first-order chi connectivity index (χ1) is 5.43. The molecule has 0 aromatic rings. The maximum absolute atomic E-state index is 3.98. The van der Waals surface area contributed by atoms with Crippen LogP contribution in [0.25, 0.3) is 0 Å². The van der Waals surface area contributed by atoms with Gasteiger partial charge in [0.15, 0.2) is 0 Å². The van der Waals surface area contributed by atoms with Gasteiger partial charge >= 0.3 is 0 Å². The van der Waals surface area contributed by atoms with Crippen molar-refractivity contribution in [1.29, 1.82) is 0 Å². The summed E-state index contributed by atoms with van der Waals surface area (Å²) in [6.45, 7) is 12.9. The number of rotatable bonds is 5. The van der Waals surface area contributed by atoms with Gasteiger partial charge in [-0.3, -0.25) is 0 Å². The van der Waals surface area contributed by atoms with Gasteiger partial charge in [-0.1, -0.05) is 39.3 Å². The van der Waals surface area contributed by atoms with Gasteiger partial charge in [-0.15, -0.1) is 0 Å². The molecule has 0 radical (unpaired) electrons. The van der Waals surface area contributed by atoms with E-state index in [-0.39, 0.29) is 0 Å². The summed E-state index contributed by atoms with van der Waals surface area (Å²) in [7, 11) is 2.01. The van der Waals surface area contributed by atoms with E-state index in [9.17, 15) is 0 Å². The Morgan fingerprint density at radius 3 is 2.25 bits per heavy atom. The summed E-state index contributed by atoms with van der Waals surface area (Å²) in [5.74, 6) is 0. The number of hydrogen-bond donors (Lipinski definition) is 1. The van der Waals surface area contributed by atoms with Crippen LogP contribution in [0.15, 0.2) is 12.2 Å². The molecule has 0 aliphatic heterocycles. The highest BCUT2D eigenvalue weighted by atomic mass is 14.9. The maximum Gasteiger partial charge on any atom is 0.0276 e. The third-order valence-corrected chi connectivity index (χ3v) is 2.66. The third-order valence-electron chi connectivity index (χ3n) is 2.66. The Morgan fingerprint density at radius 2 is 2.00 bits per heavy atom. The summed E-state index contributed by atoms with van der Waals surface area (Å²) in [6.07, 6.45) is 2.40. The molecule has 0 amide bonds. The van der Waals surface area contributed by atoms with Crippen LogP contribution in [0.1, 0.15) is 40.5 Å². The monoisotopic (exact) mass is 169 g/mol. The number of hydrogen-bond acceptors (Lipinski definition) is 1. The molecular weight excluding hydrogens is 146 g/mol. The highest BCUT2D eigenvalue weighted by Crippen LogP contribution is 2.27. The Kier molecular flexibility index (Phi) is 4.54. The van der Waals surface area contributed by atoms with Crippen LogP contribution >= 0.6 is 0 Å². The molecule has 1 nitrogen and oxygen atoms in total. The Morgan fingerprint density at radius 1 is 1.50 bits per heavy atom. The van der Waals surface area contributed by atoms with Crippen LogP contribution < -0.4 is 5.32 Å². The highest BCUT2D eigenvalue weighted by molar-refractivity contribution is 5.02. The van der Waals surface area contributed by atoms with Crippen LogP contribution in [0.5, 0.6) is 0 Å². The van der Waals surface area contributed by atoms with Crippen LogP contribution in [0.2, 0.25) is 0 Å². The minimum absolute atomic E-state index is 0.423. The normalized spacial score (nSPS) is 14.4. The molecule has 0 spiro atoms. The topological polar surface area (TPSA) is 12.0 Å². The van der Waals surface area contributed by atoms with E-state index in [2.05, 4.69) is 39.6 Å². The molecular formula is C11H23N. The summed E-state index contributed by atoms with van der Waals surface area (Å²) in [5.41, 5.74) is 1.66. The maximum atomic E-state index is 3.98. The van der Waals surface area contributed by atoms with Crippen LogP contribution in [0.3, 0.4) is 0 Å². The molecule has 0 saturated carbocycles. The number of likely N-dealkylation sites (N-methyl/N-ethyl adjacent to an activating group) is 1. The molecule has 0 aromatic heterocycles. The minimum Gasteiger partial charge on any atom is -0.313 e. The fraction of sp³-hybridized carbons (Fsp3) is 0.818. The van der Waals surface area contributed by atoms with Gasteiger partial charge in [-0.25, -0.2) is 0 Å². The van der Waals surface area contributed by atoms with Crippen molar-refractivity contribution in [2.24, 2.45) is 5.41 Å². The second kappa shape index (κ2) is 4.66. The first kappa shape index (κ1) is 11.7. The van der Waals surface area contributed by atoms with E-state index in [4.69, 9.17) is 0 Å². The van der Waals surface area contributed by atoms with Gasteiger partial charge in [0.2, 0.25) is 0 Å². The molecule has 1 atom stereocenters. The molecule has 0 saturated heterocycles. The van der Waals surface area contributed by atoms with E-state index in [1.807, 2.05) is 7.05 Å². The Bertz CT molecular complexity index is 147. The van der Waals surface area contributed by atoms with Crippen molar-refractivity contribution in [3.8, 4) is 0 Å². The predicted octanol–water partition coefficient (Wildman–Crippen LogP) is 2.98. The Hall–Kier alpha value is -0.300. The molecule has 0 rings (SSSR count). The van der Waals surface area contributed by atoms with E-state index < -0.39 is 0 Å². The molecule has 12 heavy (non-hydrogen) atoms. The average Bonchev–Trinajstić information content (AvgIpc) is 2.00. The molecule has 0 heterocycles. The van der Waals surface area contributed by atoms with Crippen molar-refractivity contribution >= 4 is 0 Å². The summed E-state index contributed by atoms with van der Waals surface area (Å²) in [5, 5.41) is 3.29. The van der Waals surface area contributed by atoms with Crippen molar-refractivity contribution in [2.45, 2.75) is 46.6 Å². The lowest BCUT2D eigenvalue weighted by atomic mass is 9.82. The van der Waals surface area contributed by atoms with Crippen molar-refractivity contribution in [1.82, 2.24) is 5.32 Å². The van der Waals surface area contributed by atoms with Gasteiger partial charge in [0.05, 0.1) is 0 Å². The lowest BCUT2D eigenvalue weighted by molar-refractivity contribution is 0.291. The minimum atomic E-state index is 0.423. The zero-order chi connectivity index (χ0) is 9.78. The largest absolute Gasteiger partial charge is 0.313 e. The smallest absolute Gasteiger partial charge is 0.0276 e. The Labute approximate surface area is 77.2 Å². The molecule has 1 heteroatoms. The molecule has 0 unspecified atom stereocenters. The molecule has 0 aliphatic rings. The zero-order valence-electron chi connectivity index (χ0n) is 9.20. The van der Waals surface area contributed by atoms with E-state index in [0.29, 0.717) is 11.5 Å². The Balaban J connectivity index is 4.11. The summed E-state index contributed by atoms with van der Waals surface area (Å²) in [6, 6.07) is 0.472. The lowest BCUT2D eigenvalue weighted by Crippen LogP contribution is -2.31. The van der Waals surface area contributed by atoms with Crippen LogP contribution in [0.4, 0.5) is 0 Å². The van der Waals surface area contributed by atoms with Crippen molar-refractivity contribution in [3.05, 3.63) is 12.2 Å². The standard InChI is InChI=1S/C11H23N/c1-7-11(4,5)8-10(12-6)9(2)3/h10,12H,2,7-8H2,1,3-6H3/t10-/m0/s1. The second-order valence-corrected chi connectivity index (χ2v) is 4.41. The fourth-order valence-corrected chi connectivity index (χ4v) is 1.22. The van der Waals surface area contributed by atoms with Crippen LogP contribution in [-0.2, 0) is 0 Å². The van der Waals surface area contributed by atoms with Gasteiger partial charge in [0.1, 0.15) is 0 Å². The molecule has 1 N–H and O–H groups in total. The first-order valence-corrected chi connectivity index (χ1v) is 4.75. The fourth-order valence-electron chi connectivity index (χ4n) is 1.22. The van der Waals surface area contributed by atoms with Crippen LogP contribution in [0, 0.1) is 5.41 Å². The summed E-state index contributed by atoms with van der Waals surface area (Å²) < 4.78 is 0.